The van der Waals surface area contributed by atoms with E-state index in [-0.39, 0.29) is 5.82 Å². The van der Waals surface area contributed by atoms with Crippen LogP contribution in [0.4, 0.5) is 4.39 Å². The normalized spacial score (nSPS) is 10.5. The van der Waals surface area contributed by atoms with Crippen molar-refractivity contribution in [1.29, 1.82) is 0 Å². The maximum Gasteiger partial charge on any atom is 0.144 e. The smallest absolute Gasteiger partial charge is 0.144 e. The highest BCUT2D eigenvalue weighted by Gasteiger charge is 2.06. The van der Waals surface area contributed by atoms with Gasteiger partial charge in [0.1, 0.15) is 17.3 Å². The van der Waals surface area contributed by atoms with Crippen LogP contribution in [0.15, 0.2) is 45.3 Å². The average molecular weight is 389 g/mol. The van der Waals surface area contributed by atoms with E-state index in [1.54, 1.807) is 6.07 Å². The maximum atomic E-state index is 13.2. The predicted octanol–water partition coefficient (Wildman–Crippen LogP) is 4.64. The number of halogens is 3. The number of hydrogen-bond acceptors (Lipinski definition) is 2. The minimum absolute atomic E-state index is 0.336. The van der Waals surface area contributed by atoms with Crippen LogP contribution in [0.1, 0.15) is 5.56 Å². The van der Waals surface area contributed by atoms with E-state index < -0.39 is 0 Å². The van der Waals surface area contributed by atoms with Gasteiger partial charge in [-0.1, -0.05) is 22.0 Å². The van der Waals surface area contributed by atoms with Crippen molar-refractivity contribution < 1.29 is 9.13 Å². The molecule has 2 N–H and O–H groups in total. The first-order valence-corrected chi connectivity index (χ1v) is 7.30. The molecule has 5 heteroatoms. The van der Waals surface area contributed by atoms with Crippen LogP contribution in [0.25, 0.3) is 0 Å². The van der Waals surface area contributed by atoms with E-state index in [1.165, 1.54) is 12.1 Å². The molecule has 0 heterocycles. The summed E-state index contributed by atoms with van der Waals surface area (Å²) >= 11 is 6.80. The van der Waals surface area contributed by atoms with E-state index in [0.29, 0.717) is 22.5 Å². The molecule has 0 saturated carbocycles. The zero-order chi connectivity index (χ0) is 13.8. The molecule has 2 aromatic carbocycles. The van der Waals surface area contributed by atoms with E-state index in [0.717, 1.165) is 16.5 Å². The van der Waals surface area contributed by atoms with Gasteiger partial charge in [-0.15, -0.1) is 0 Å². The molecule has 0 aliphatic rings. The first-order chi connectivity index (χ1) is 9.10. The second-order valence-corrected chi connectivity index (χ2v) is 5.68. The molecule has 19 heavy (non-hydrogen) atoms. The van der Waals surface area contributed by atoms with Crippen molar-refractivity contribution in [3.63, 3.8) is 0 Å². The molecule has 0 radical (unpaired) electrons. The zero-order valence-electron chi connectivity index (χ0n) is 10.00. The topological polar surface area (TPSA) is 35.2 Å². The summed E-state index contributed by atoms with van der Waals surface area (Å²) in [5.41, 5.74) is 6.65. The third-order valence-corrected chi connectivity index (χ3v) is 3.95. The Hall–Kier alpha value is -0.910. The highest BCUT2D eigenvalue weighted by atomic mass is 79.9. The van der Waals surface area contributed by atoms with E-state index in [9.17, 15) is 4.39 Å². The summed E-state index contributed by atoms with van der Waals surface area (Å²) in [7, 11) is 0. The largest absolute Gasteiger partial charge is 0.456 e. The van der Waals surface area contributed by atoms with E-state index in [2.05, 4.69) is 31.9 Å². The molecular weight excluding hydrogens is 377 g/mol. The van der Waals surface area contributed by atoms with Gasteiger partial charge in [0.05, 0.1) is 4.47 Å². The summed E-state index contributed by atoms with van der Waals surface area (Å²) in [4.78, 5) is 0. The molecule has 2 aromatic rings. The van der Waals surface area contributed by atoms with Gasteiger partial charge in [0.25, 0.3) is 0 Å². The molecular formula is C14H12Br2FNO. The standard InChI is InChI=1S/C14H12Br2FNO/c15-12-4-2-10(17)7-14(12)19-11-3-1-9(5-6-18)13(16)8-11/h1-4,7-8H,5-6,18H2. The van der Waals surface area contributed by atoms with Gasteiger partial charge in [-0.05, 0) is 58.7 Å². The fraction of sp³-hybridized carbons (Fsp3) is 0.143. The molecule has 0 aromatic heterocycles. The first-order valence-electron chi connectivity index (χ1n) is 5.71. The van der Waals surface area contributed by atoms with E-state index >= 15 is 0 Å². The monoisotopic (exact) mass is 387 g/mol. The lowest BCUT2D eigenvalue weighted by Gasteiger charge is -2.10. The predicted molar refractivity (Wildman–Crippen MR) is 81.1 cm³/mol. The molecule has 2 nitrogen and oxygen atoms in total. The Labute approximate surface area is 128 Å². The van der Waals surface area contributed by atoms with Crippen LogP contribution in [-0.2, 0) is 6.42 Å². The molecule has 100 valence electrons. The Kier molecular flexibility index (Phi) is 4.96. The number of nitrogens with two attached hydrogens (primary N) is 1. The Bertz CT molecular complexity index is 590. The summed E-state index contributed by atoms with van der Waals surface area (Å²) in [6.07, 6.45) is 0.796. The van der Waals surface area contributed by atoms with Crippen LogP contribution in [0.5, 0.6) is 11.5 Å². The Balaban J connectivity index is 2.24. The first kappa shape index (κ1) is 14.5. The molecule has 0 aliphatic heterocycles. The summed E-state index contributed by atoms with van der Waals surface area (Å²) < 4.78 is 20.5. The van der Waals surface area contributed by atoms with Crippen LogP contribution in [0, 0.1) is 5.82 Å². The van der Waals surface area contributed by atoms with Crippen LogP contribution in [0.2, 0.25) is 0 Å². The molecule has 0 amide bonds. The number of ether oxygens (including phenoxy) is 1. The molecule has 0 fully saturated rings. The van der Waals surface area contributed by atoms with Gasteiger partial charge in [-0.25, -0.2) is 4.39 Å². The summed E-state index contributed by atoms with van der Waals surface area (Å²) in [6.45, 7) is 0.592. The molecule has 0 saturated heterocycles. The lowest BCUT2D eigenvalue weighted by Crippen LogP contribution is -2.03. The molecule has 2 rings (SSSR count). The lowest BCUT2D eigenvalue weighted by molar-refractivity contribution is 0.473. The van der Waals surface area contributed by atoms with Crippen molar-refractivity contribution in [3.8, 4) is 11.5 Å². The third-order valence-electron chi connectivity index (χ3n) is 2.56. The highest BCUT2D eigenvalue weighted by molar-refractivity contribution is 9.10. The van der Waals surface area contributed by atoms with Crippen LogP contribution >= 0.6 is 31.9 Å². The zero-order valence-corrected chi connectivity index (χ0v) is 13.2. The molecule has 0 aliphatic carbocycles. The molecule has 0 bridgehead atoms. The molecule has 0 unspecified atom stereocenters. The Morgan fingerprint density at radius 2 is 1.84 bits per heavy atom. The highest BCUT2D eigenvalue weighted by Crippen LogP contribution is 2.32. The van der Waals surface area contributed by atoms with Gasteiger partial charge in [0.2, 0.25) is 0 Å². The summed E-state index contributed by atoms with van der Waals surface area (Å²) in [5, 5.41) is 0. The number of rotatable bonds is 4. The number of hydrogen-bond donors (Lipinski definition) is 1. The van der Waals surface area contributed by atoms with Crippen molar-refractivity contribution in [2.24, 2.45) is 5.73 Å². The second-order valence-electron chi connectivity index (χ2n) is 3.97. The van der Waals surface area contributed by atoms with E-state index in [4.69, 9.17) is 10.5 Å². The molecule has 0 spiro atoms. The van der Waals surface area contributed by atoms with Crippen molar-refractivity contribution in [2.45, 2.75) is 6.42 Å². The fourth-order valence-electron chi connectivity index (χ4n) is 1.63. The third kappa shape index (κ3) is 3.78. The Morgan fingerprint density at radius 3 is 2.53 bits per heavy atom. The molecule has 0 atom stereocenters. The average Bonchev–Trinajstić information content (AvgIpc) is 2.37. The summed E-state index contributed by atoms with van der Waals surface area (Å²) in [5.74, 6) is 0.745. The van der Waals surface area contributed by atoms with Crippen molar-refractivity contribution in [1.82, 2.24) is 0 Å². The van der Waals surface area contributed by atoms with Crippen LogP contribution < -0.4 is 10.5 Å². The minimum Gasteiger partial charge on any atom is -0.456 e. The van der Waals surface area contributed by atoms with Gasteiger partial charge >= 0.3 is 0 Å². The van der Waals surface area contributed by atoms with Crippen molar-refractivity contribution >= 4 is 31.9 Å². The van der Waals surface area contributed by atoms with Crippen molar-refractivity contribution in [2.75, 3.05) is 6.54 Å². The van der Waals surface area contributed by atoms with E-state index in [1.807, 2.05) is 18.2 Å². The van der Waals surface area contributed by atoms with Gasteiger partial charge in [0, 0.05) is 10.5 Å². The maximum absolute atomic E-state index is 13.2. The SMILES string of the molecule is NCCc1ccc(Oc2cc(F)ccc2Br)cc1Br. The van der Waals surface area contributed by atoms with Gasteiger partial charge in [-0.3, -0.25) is 0 Å². The summed E-state index contributed by atoms with van der Waals surface area (Å²) in [6, 6.07) is 9.96. The quantitative estimate of drug-likeness (QED) is 0.827. The van der Waals surface area contributed by atoms with Crippen molar-refractivity contribution in [3.05, 3.63) is 56.7 Å². The number of benzene rings is 2. The lowest BCUT2D eigenvalue weighted by atomic mass is 10.1. The fourth-order valence-corrected chi connectivity index (χ4v) is 2.52. The second kappa shape index (κ2) is 6.50. The van der Waals surface area contributed by atoms with Gasteiger partial charge in [-0.2, -0.15) is 0 Å². The van der Waals surface area contributed by atoms with Crippen LogP contribution in [0.3, 0.4) is 0 Å². The van der Waals surface area contributed by atoms with Crippen LogP contribution in [-0.4, -0.2) is 6.54 Å². The Morgan fingerprint density at radius 1 is 1.05 bits per heavy atom. The van der Waals surface area contributed by atoms with Gasteiger partial charge in [0.15, 0.2) is 0 Å². The van der Waals surface area contributed by atoms with Gasteiger partial charge < -0.3 is 10.5 Å². The minimum atomic E-state index is -0.336.